The maximum atomic E-state index is 6.14. The molecule has 2 saturated heterocycles. The molecule has 0 aliphatic carbocycles. The summed E-state index contributed by atoms with van der Waals surface area (Å²) in [7, 11) is 0. The van der Waals surface area contributed by atoms with E-state index in [-0.39, 0.29) is 0 Å². The number of rotatable bonds is 3. The molecule has 2 N–H and O–H groups in total. The van der Waals surface area contributed by atoms with Crippen molar-refractivity contribution in [2.75, 3.05) is 0 Å². The average Bonchev–Trinajstić information content (AvgIpc) is 3.05. The SMILES string of the molecule is NC1CC2CCC(C1)N2Cc1ccn(-c2ccccc2)n1. The zero-order valence-electron chi connectivity index (χ0n) is 12.2. The molecule has 4 rings (SSSR count). The van der Waals surface area contributed by atoms with Gasteiger partial charge in [-0.25, -0.2) is 4.68 Å². The topological polar surface area (TPSA) is 47.1 Å². The average molecular weight is 282 g/mol. The summed E-state index contributed by atoms with van der Waals surface area (Å²) >= 11 is 0. The van der Waals surface area contributed by atoms with Gasteiger partial charge in [-0.3, -0.25) is 4.90 Å². The molecule has 1 aromatic heterocycles. The highest BCUT2D eigenvalue weighted by Gasteiger charge is 2.39. The molecule has 21 heavy (non-hydrogen) atoms. The Kier molecular flexibility index (Phi) is 3.28. The zero-order chi connectivity index (χ0) is 14.2. The third kappa shape index (κ3) is 2.49. The Labute approximate surface area is 125 Å². The molecule has 2 unspecified atom stereocenters. The summed E-state index contributed by atoms with van der Waals surface area (Å²) in [5.41, 5.74) is 8.42. The Hall–Kier alpha value is -1.65. The van der Waals surface area contributed by atoms with Crippen LogP contribution >= 0.6 is 0 Å². The highest BCUT2D eigenvalue weighted by atomic mass is 15.3. The minimum absolute atomic E-state index is 0.403. The normalized spacial score (nSPS) is 28.9. The number of benzene rings is 1. The van der Waals surface area contributed by atoms with E-state index in [4.69, 9.17) is 10.8 Å². The first-order valence-corrected chi connectivity index (χ1v) is 7.91. The van der Waals surface area contributed by atoms with Gasteiger partial charge in [0.05, 0.1) is 11.4 Å². The molecule has 0 radical (unpaired) electrons. The van der Waals surface area contributed by atoms with Crippen LogP contribution in [0.3, 0.4) is 0 Å². The van der Waals surface area contributed by atoms with Crippen LogP contribution in [0.1, 0.15) is 31.4 Å². The fraction of sp³-hybridized carbons (Fsp3) is 0.471. The number of para-hydroxylation sites is 1. The molecular weight excluding hydrogens is 260 g/mol. The van der Waals surface area contributed by atoms with Gasteiger partial charge in [0, 0.05) is 30.9 Å². The second-order valence-corrected chi connectivity index (χ2v) is 6.38. The molecule has 4 heteroatoms. The molecule has 2 bridgehead atoms. The van der Waals surface area contributed by atoms with Gasteiger partial charge < -0.3 is 5.73 Å². The molecule has 110 valence electrons. The molecule has 3 heterocycles. The summed E-state index contributed by atoms with van der Waals surface area (Å²) in [6.45, 7) is 0.960. The summed E-state index contributed by atoms with van der Waals surface area (Å²) in [5.74, 6) is 0. The van der Waals surface area contributed by atoms with Gasteiger partial charge in [-0.05, 0) is 43.9 Å². The van der Waals surface area contributed by atoms with Crippen molar-refractivity contribution in [2.45, 2.75) is 50.4 Å². The molecule has 2 aliphatic heterocycles. The molecule has 4 nitrogen and oxygen atoms in total. The number of piperidine rings is 1. The predicted molar refractivity (Wildman–Crippen MR) is 83.1 cm³/mol. The Balaban J connectivity index is 1.50. The van der Waals surface area contributed by atoms with E-state index in [0.717, 1.165) is 30.8 Å². The van der Waals surface area contributed by atoms with E-state index in [9.17, 15) is 0 Å². The van der Waals surface area contributed by atoms with E-state index < -0.39 is 0 Å². The molecule has 0 amide bonds. The Morgan fingerprint density at radius 1 is 1.05 bits per heavy atom. The summed E-state index contributed by atoms with van der Waals surface area (Å²) in [6.07, 6.45) is 6.96. The van der Waals surface area contributed by atoms with Gasteiger partial charge in [0.2, 0.25) is 0 Å². The van der Waals surface area contributed by atoms with Gasteiger partial charge in [0.25, 0.3) is 0 Å². The summed E-state index contributed by atoms with van der Waals surface area (Å²) in [5, 5.41) is 4.73. The number of nitrogens with zero attached hydrogens (tertiary/aromatic N) is 3. The van der Waals surface area contributed by atoms with Gasteiger partial charge in [-0.1, -0.05) is 18.2 Å². The molecule has 2 aromatic rings. The number of aromatic nitrogens is 2. The van der Waals surface area contributed by atoms with Gasteiger partial charge in [0.1, 0.15) is 0 Å². The second kappa shape index (κ2) is 5.28. The first-order chi connectivity index (χ1) is 10.3. The highest BCUT2D eigenvalue weighted by molar-refractivity contribution is 5.30. The van der Waals surface area contributed by atoms with Crippen molar-refractivity contribution >= 4 is 0 Å². The lowest BCUT2D eigenvalue weighted by Gasteiger charge is -2.37. The summed E-state index contributed by atoms with van der Waals surface area (Å²) in [4.78, 5) is 2.63. The van der Waals surface area contributed by atoms with E-state index in [1.165, 1.54) is 12.8 Å². The van der Waals surface area contributed by atoms with Crippen LogP contribution in [0.4, 0.5) is 0 Å². The molecular formula is C17H22N4. The van der Waals surface area contributed by atoms with Crippen molar-refractivity contribution in [1.82, 2.24) is 14.7 Å². The standard InChI is InChI=1S/C17H22N4/c18-13-10-16-6-7-17(11-13)20(16)12-14-8-9-21(19-14)15-4-2-1-3-5-15/h1-5,8-9,13,16-17H,6-7,10-12,18H2. The third-order valence-electron chi connectivity index (χ3n) is 4.93. The lowest BCUT2D eigenvalue weighted by molar-refractivity contribution is 0.118. The van der Waals surface area contributed by atoms with Crippen LogP contribution in [0.15, 0.2) is 42.6 Å². The van der Waals surface area contributed by atoms with Crippen molar-refractivity contribution in [3.63, 3.8) is 0 Å². The van der Waals surface area contributed by atoms with E-state index in [0.29, 0.717) is 18.1 Å². The smallest absolute Gasteiger partial charge is 0.0769 e. The van der Waals surface area contributed by atoms with Crippen molar-refractivity contribution in [2.24, 2.45) is 5.73 Å². The fourth-order valence-electron chi connectivity index (χ4n) is 3.93. The monoisotopic (exact) mass is 282 g/mol. The van der Waals surface area contributed by atoms with E-state index >= 15 is 0 Å². The van der Waals surface area contributed by atoms with Gasteiger partial charge in [-0.15, -0.1) is 0 Å². The van der Waals surface area contributed by atoms with Crippen molar-refractivity contribution < 1.29 is 0 Å². The Bertz CT molecular complexity index is 592. The summed E-state index contributed by atoms with van der Waals surface area (Å²) in [6, 6.07) is 14.2. The molecule has 1 aromatic carbocycles. The van der Waals surface area contributed by atoms with Crippen LogP contribution < -0.4 is 5.73 Å². The minimum Gasteiger partial charge on any atom is -0.328 e. The lowest BCUT2D eigenvalue weighted by Crippen LogP contribution is -2.46. The lowest BCUT2D eigenvalue weighted by atomic mass is 9.98. The van der Waals surface area contributed by atoms with Crippen LogP contribution in [0.25, 0.3) is 5.69 Å². The first kappa shape index (κ1) is 13.0. The number of hydrogen-bond acceptors (Lipinski definition) is 3. The molecule has 0 saturated carbocycles. The van der Waals surface area contributed by atoms with Crippen LogP contribution in [-0.2, 0) is 6.54 Å². The quantitative estimate of drug-likeness (QED) is 0.940. The van der Waals surface area contributed by atoms with Crippen LogP contribution in [-0.4, -0.2) is 32.8 Å². The van der Waals surface area contributed by atoms with Crippen LogP contribution in [0.5, 0.6) is 0 Å². The number of fused-ring (bicyclic) bond motifs is 2. The molecule has 2 fully saturated rings. The maximum absolute atomic E-state index is 6.14. The molecule has 0 spiro atoms. The first-order valence-electron chi connectivity index (χ1n) is 7.91. The number of nitrogens with two attached hydrogens (primary N) is 1. The zero-order valence-corrected chi connectivity index (χ0v) is 12.2. The van der Waals surface area contributed by atoms with Crippen LogP contribution in [0.2, 0.25) is 0 Å². The van der Waals surface area contributed by atoms with Gasteiger partial charge in [0.15, 0.2) is 0 Å². The maximum Gasteiger partial charge on any atom is 0.0769 e. The minimum atomic E-state index is 0.403. The van der Waals surface area contributed by atoms with Gasteiger partial charge >= 0.3 is 0 Å². The number of hydrogen-bond donors (Lipinski definition) is 1. The Morgan fingerprint density at radius 2 is 1.76 bits per heavy atom. The van der Waals surface area contributed by atoms with E-state index in [2.05, 4.69) is 29.3 Å². The van der Waals surface area contributed by atoms with Crippen molar-refractivity contribution in [3.05, 3.63) is 48.3 Å². The second-order valence-electron chi connectivity index (χ2n) is 6.38. The van der Waals surface area contributed by atoms with E-state index in [1.807, 2.05) is 22.9 Å². The highest BCUT2D eigenvalue weighted by Crippen LogP contribution is 2.35. The van der Waals surface area contributed by atoms with Crippen molar-refractivity contribution in [1.29, 1.82) is 0 Å². The van der Waals surface area contributed by atoms with Crippen molar-refractivity contribution in [3.8, 4) is 5.69 Å². The Morgan fingerprint density at radius 3 is 2.48 bits per heavy atom. The summed E-state index contributed by atoms with van der Waals surface area (Å²) < 4.78 is 1.97. The van der Waals surface area contributed by atoms with Gasteiger partial charge in [-0.2, -0.15) is 5.10 Å². The third-order valence-corrected chi connectivity index (χ3v) is 4.93. The predicted octanol–water partition coefficient (Wildman–Crippen LogP) is 2.33. The largest absolute Gasteiger partial charge is 0.328 e. The molecule has 2 atom stereocenters. The fourth-order valence-corrected chi connectivity index (χ4v) is 3.93. The molecule has 2 aliphatic rings. The van der Waals surface area contributed by atoms with Crippen LogP contribution in [0, 0.1) is 0 Å². The van der Waals surface area contributed by atoms with E-state index in [1.54, 1.807) is 0 Å².